The second kappa shape index (κ2) is 8.61. The lowest BCUT2D eigenvalue weighted by Gasteiger charge is -2.17. The van der Waals surface area contributed by atoms with E-state index in [-0.39, 0.29) is 5.97 Å². The minimum Gasteiger partial charge on any atom is -0.457 e. The molecule has 0 fully saturated rings. The second-order valence-electron chi connectivity index (χ2n) is 7.56. The van der Waals surface area contributed by atoms with Crippen molar-refractivity contribution in [3.05, 3.63) is 78.1 Å². The van der Waals surface area contributed by atoms with Gasteiger partial charge in [-0.25, -0.2) is 4.79 Å². The summed E-state index contributed by atoms with van der Waals surface area (Å²) >= 11 is 0. The van der Waals surface area contributed by atoms with Crippen LogP contribution in [0.25, 0.3) is 27.9 Å². The quantitative estimate of drug-likeness (QED) is 0.276. The van der Waals surface area contributed by atoms with Gasteiger partial charge in [0.1, 0.15) is 5.60 Å². The van der Waals surface area contributed by atoms with Gasteiger partial charge in [-0.3, -0.25) is 4.79 Å². The lowest BCUT2D eigenvalue weighted by molar-refractivity contribution is -0.148. The summed E-state index contributed by atoms with van der Waals surface area (Å²) in [5.41, 5.74) is 3.35. The Labute approximate surface area is 169 Å². The SMILES string of the molecule is CC(C)(C)OC(=O)/C=C/c1cccc2[nH]ccc12.O=Cc1cccc2[nH]ccc12. The molecule has 0 radical (unpaired) electrons. The zero-order chi connectivity index (χ0) is 20.9. The molecule has 0 unspecified atom stereocenters. The van der Waals surface area contributed by atoms with E-state index < -0.39 is 5.60 Å². The highest BCUT2D eigenvalue weighted by Gasteiger charge is 2.13. The van der Waals surface area contributed by atoms with E-state index in [9.17, 15) is 9.59 Å². The van der Waals surface area contributed by atoms with Crippen LogP contribution in [-0.2, 0) is 9.53 Å². The number of fused-ring (bicyclic) bond motifs is 2. The fraction of sp³-hybridized carbons (Fsp3) is 0.167. The van der Waals surface area contributed by atoms with Crippen LogP contribution in [0.1, 0.15) is 36.7 Å². The molecular weight excluding hydrogens is 364 g/mol. The Kier molecular flexibility index (Phi) is 5.98. The Hall–Kier alpha value is -3.60. The number of aromatic amines is 2. The highest BCUT2D eigenvalue weighted by molar-refractivity contribution is 5.96. The van der Waals surface area contributed by atoms with E-state index in [1.165, 1.54) is 6.08 Å². The minimum atomic E-state index is -0.457. The number of carbonyl (C=O) groups excluding carboxylic acids is 2. The molecule has 29 heavy (non-hydrogen) atoms. The third-order valence-corrected chi connectivity index (χ3v) is 4.19. The van der Waals surface area contributed by atoms with Crippen molar-refractivity contribution in [2.75, 3.05) is 0 Å². The van der Waals surface area contributed by atoms with Crippen LogP contribution in [0, 0.1) is 0 Å². The van der Waals surface area contributed by atoms with Crippen LogP contribution in [0.2, 0.25) is 0 Å². The summed E-state index contributed by atoms with van der Waals surface area (Å²) in [4.78, 5) is 28.3. The predicted octanol–water partition coefficient (Wildman–Crippen LogP) is 5.50. The van der Waals surface area contributed by atoms with Gasteiger partial charge in [0, 0.05) is 45.8 Å². The standard InChI is InChI=1S/C15H17NO2.C9H7NO/c1-15(2,3)18-14(17)8-7-11-5-4-6-13-12(11)9-10-16-13;11-6-7-2-1-3-9-8(7)4-5-10-9/h4-10,16H,1-3H3;1-6,10H/b8-7+;. The Balaban J connectivity index is 0.000000186. The van der Waals surface area contributed by atoms with E-state index in [2.05, 4.69) is 9.97 Å². The zero-order valence-electron chi connectivity index (χ0n) is 16.7. The fourth-order valence-corrected chi connectivity index (χ4v) is 2.96. The van der Waals surface area contributed by atoms with Crippen molar-refractivity contribution in [3.63, 3.8) is 0 Å². The van der Waals surface area contributed by atoms with E-state index >= 15 is 0 Å². The number of hydrogen-bond donors (Lipinski definition) is 2. The fourth-order valence-electron chi connectivity index (χ4n) is 2.96. The Morgan fingerprint density at radius 3 is 1.97 bits per heavy atom. The number of hydrogen-bond acceptors (Lipinski definition) is 3. The largest absolute Gasteiger partial charge is 0.457 e. The number of rotatable bonds is 3. The van der Waals surface area contributed by atoms with Crippen LogP contribution < -0.4 is 0 Å². The van der Waals surface area contributed by atoms with Crippen molar-refractivity contribution in [2.24, 2.45) is 0 Å². The van der Waals surface area contributed by atoms with Crippen LogP contribution in [0.5, 0.6) is 0 Å². The van der Waals surface area contributed by atoms with Crippen LogP contribution in [0.4, 0.5) is 0 Å². The number of H-pyrrole nitrogens is 2. The van der Waals surface area contributed by atoms with Gasteiger partial charge < -0.3 is 14.7 Å². The molecule has 0 saturated heterocycles. The van der Waals surface area contributed by atoms with Crippen LogP contribution in [0.3, 0.4) is 0 Å². The molecule has 0 aliphatic heterocycles. The molecule has 0 amide bonds. The summed E-state index contributed by atoms with van der Waals surface area (Å²) in [7, 11) is 0. The minimum absolute atomic E-state index is 0.324. The monoisotopic (exact) mass is 388 g/mol. The van der Waals surface area contributed by atoms with Gasteiger partial charge in [0.25, 0.3) is 0 Å². The lowest BCUT2D eigenvalue weighted by Crippen LogP contribution is -2.22. The molecule has 0 spiro atoms. The number of esters is 1. The van der Waals surface area contributed by atoms with E-state index in [0.717, 1.165) is 39.2 Å². The van der Waals surface area contributed by atoms with Crippen molar-refractivity contribution in [1.82, 2.24) is 9.97 Å². The maximum atomic E-state index is 11.6. The van der Waals surface area contributed by atoms with E-state index in [0.29, 0.717) is 0 Å². The van der Waals surface area contributed by atoms with Gasteiger partial charge in [-0.1, -0.05) is 24.3 Å². The second-order valence-corrected chi connectivity index (χ2v) is 7.56. The average molecular weight is 388 g/mol. The topological polar surface area (TPSA) is 75.0 Å². The molecule has 5 nitrogen and oxygen atoms in total. The Morgan fingerprint density at radius 2 is 1.41 bits per heavy atom. The zero-order valence-corrected chi connectivity index (χ0v) is 16.7. The summed E-state index contributed by atoms with van der Waals surface area (Å²) in [6.45, 7) is 5.56. The molecular formula is C24H24N2O3. The average Bonchev–Trinajstić information content (AvgIpc) is 3.34. The molecule has 4 aromatic rings. The van der Waals surface area contributed by atoms with Crippen LogP contribution >= 0.6 is 0 Å². The molecule has 0 aliphatic carbocycles. The molecule has 148 valence electrons. The van der Waals surface area contributed by atoms with Crippen molar-refractivity contribution < 1.29 is 14.3 Å². The third kappa shape index (κ3) is 5.23. The molecule has 5 heteroatoms. The first-order chi connectivity index (χ1) is 13.9. The van der Waals surface area contributed by atoms with Crippen molar-refractivity contribution >= 4 is 40.1 Å². The maximum Gasteiger partial charge on any atom is 0.331 e. The summed E-state index contributed by atoms with van der Waals surface area (Å²) in [6, 6.07) is 15.4. The van der Waals surface area contributed by atoms with Gasteiger partial charge in [0.05, 0.1) is 0 Å². The Morgan fingerprint density at radius 1 is 0.862 bits per heavy atom. The number of nitrogens with one attached hydrogen (secondary N) is 2. The summed E-state index contributed by atoms with van der Waals surface area (Å²) < 4.78 is 5.22. The lowest BCUT2D eigenvalue weighted by atomic mass is 10.1. The van der Waals surface area contributed by atoms with Gasteiger partial charge in [0.15, 0.2) is 6.29 Å². The van der Waals surface area contributed by atoms with Crippen molar-refractivity contribution in [2.45, 2.75) is 26.4 Å². The summed E-state index contributed by atoms with van der Waals surface area (Å²) in [6.07, 6.45) is 7.83. The highest BCUT2D eigenvalue weighted by atomic mass is 16.6. The molecule has 2 aromatic carbocycles. The molecule has 2 aromatic heterocycles. The number of carbonyl (C=O) groups is 2. The molecule has 0 atom stereocenters. The highest BCUT2D eigenvalue weighted by Crippen LogP contribution is 2.19. The number of ether oxygens (including phenoxy) is 1. The maximum absolute atomic E-state index is 11.6. The summed E-state index contributed by atoms with van der Waals surface area (Å²) in [5, 5.41) is 2.08. The first-order valence-corrected chi connectivity index (χ1v) is 9.36. The van der Waals surface area contributed by atoms with E-state index in [1.54, 1.807) is 6.08 Å². The first-order valence-electron chi connectivity index (χ1n) is 9.36. The summed E-state index contributed by atoms with van der Waals surface area (Å²) in [5.74, 6) is -0.324. The number of aromatic nitrogens is 2. The molecule has 2 N–H and O–H groups in total. The van der Waals surface area contributed by atoms with Gasteiger partial charge in [-0.15, -0.1) is 0 Å². The van der Waals surface area contributed by atoms with Gasteiger partial charge in [-0.05, 0) is 56.7 Å². The molecule has 0 aliphatic rings. The smallest absolute Gasteiger partial charge is 0.331 e. The predicted molar refractivity (Wildman–Crippen MR) is 117 cm³/mol. The number of aldehydes is 1. The molecule has 0 bridgehead atoms. The molecule has 2 heterocycles. The van der Waals surface area contributed by atoms with Crippen LogP contribution in [-0.4, -0.2) is 27.8 Å². The number of benzene rings is 2. The first kappa shape index (κ1) is 20.1. The normalized spacial score (nSPS) is 11.4. The molecule has 0 saturated carbocycles. The van der Waals surface area contributed by atoms with Crippen LogP contribution in [0.15, 0.2) is 67.0 Å². The van der Waals surface area contributed by atoms with Gasteiger partial charge >= 0.3 is 5.97 Å². The van der Waals surface area contributed by atoms with E-state index in [1.807, 2.05) is 81.7 Å². The Bertz CT molecular complexity index is 1160. The van der Waals surface area contributed by atoms with Gasteiger partial charge in [0.2, 0.25) is 0 Å². The van der Waals surface area contributed by atoms with Crippen molar-refractivity contribution in [3.8, 4) is 0 Å². The third-order valence-electron chi connectivity index (χ3n) is 4.19. The van der Waals surface area contributed by atoms with E-state index in [4.69, 9.17) is 4.74 Å². The molecule has 4 rings (SSSR count). The van der Waals surface area contributed by atoms with Gasteiger partial charge in [-0.2, -0.15) is 0 Å². The van der Waals surface area contributed by atoms with Crippen molar-refractivity contribution in [1.29, 1.82) is 0 Å².